The first-order valence-electron chi connectivity index (χ1n) is 6.25. The molecule has 108 valence electrons. The van der Waals surface area contributed by atoms with E-state index in [0.29, 0.717) is 5.56 Å². The molecule has 0 spiro atoms. The second-order valence-corrected chi connectivity index (χ2v) is 4.27. The SMILES string of the molecule is C=C(C(=O)OCCCC)C(O)c1ccc([N+](=O)[O-])cc1. The Morgan fingerprint density at radius 2 is 2.05 bits per heavy atom. The van der Waals surface area contributed by atoms with Crippen molar-refractivity contribution in [3.63, 3.8) is 0 Å². The fourth-order valence-corrected chi connectivity index (χ4v) is 1.49. The number of non-ortho nitro benzene ring substituents is 1. The molecule has 1 unspecified atom stereocenters. The van der Waals surface area contributed by atoms with Gasteiger partial charge in [0.15, 0.2) is 0 Å². The number of carbonyl (C=O) groups excluding carboxylic acids is 1. The van der Waals surface area contributed by atoms with Crippen molar-refractivity contribution in [3.05, 3.63) is 52.1 Å². The van der Waals surface area contributed by atoms with Gasteiger partial charge in [-0.1, -0.05) is 19.9 Å². The number of unbranched alkanes of at least 4 members (excludes halogenated alkanes) is 1. The molecule has 0 saturated heterocycles. The Morgan fingerprint density at radius 3 is 2.55 bits per heavy atom. The van der Waals surface area contributed by atoms with E-state index >= 15 is 0 Å². The highest BCUT2D eigenvalue weighted by atomic mass is 16.6. The molecule has 1 atom stereocenters. The van der Waals surface area contributed by atoms with Crippen molar-refractivity contribution in [3.8, 4) is 0 Å². The minimum atomic E-state index is -1.23. The van der Waals surface area contributed by atoms with Crippen LogP contribution in [0.25, 0.3) is 0 Å². The summed E-state index contributed by atoms with van der Waals surface area (Å²) in [5.41, 5.74) is 0.181. The molecule has 0 radical (unpaired) electrons. The quantitative estimate of drug-likeness (QED) is 0.272. The summed E-state index contributed by atoms with van der Waals surface area (Å²) in [6.45, 7) is 5.75. The van der Waals surface area contributed by atoms with E-state index in [1.165, 1.54) is 24.3 Å². The number of nitro benzene ring substituents is 1. The molecule has 0 aromatic heterocycles. The van der Waals surface area contributed by atoms with Crippen molar-refractivity contribution in [2.75, 3.05) is 6.61 Å². The Morgan fingerprint density at radius 1 is 1.45 bits per heavy atom. The van der Waals surface area contributed by atoms with Crippen LogP contribution in [0.5, 0.6) is 0 Å². The molecule has 6 heteroatoms. The average molecular weight is 279 g/mol. The summed E-state index contributed by atoms with van der Waals surface area (Å²) in [7, 11) is 0. The van der Waals surface area contributed by atoms with Crippen LogP contribution in [-0.2, 0) is 9.53 Å². The Hall–Kier alpha value is -2.21. The monoisotopic (exact) mass is 279 g/mol. The van der Waals surface area contributed by atoms with Crippen molar-refractivity contribution in [1.29, 1.82) is 0 Å². The molecular weight excluding hydrogens is 262 g/mol. The summed E-state index contributed by atoms with van der Waals surface area (Å²) < 4.78 is 4.94. The van der Waals surface area contributed by atoms with Crippen LogP contribution in [0.4, 0.5) is 5.69 Å². The topological polar surface area (TPSA) is 89.7 Å². The number of nitrogens with zero attached hydrogens (tertiary/aromatic N) is 1. The summed E-state index contributed by atoms with van der Waals surface area (Å²) in [4.78, 5) is 21.6. The number of aliphatic hydroxyl groups excluding tert-OH is 1. The summed E-state index contributed by atoms with van der Waals surface area (Å²) in [5, 5.41) is 20.5. The van der Waals surface area contributed by atoms with Crippen molar-refractivity contribution in [2.24, 2.45) is 0 Å². The van der Waals surface area contributed by atoms with Gasteiger partial charge in [-0.25, -0.2) is 4.79 Å². The van der Waals surface area contributed by atoms with E-state index in [4.69, 9.17) is 4.74 Å². The lowest BCUT2D eigenvalue weighted by molar-refractivity contribution is -0.384. The molecule has 0 amide bonds. The minimum Gasteiger partial charge on any atom is -0.462 e. The lowest BCUT2D eigenvalue weighted by atomic mass is 10.0. The molecule has 0 aliphatic carbocycles. The first-order valence-corrected chi connectivity index (χ1v) is 6.25. The number of nitro groups is 1. The van der Waals surface area contributed by atoms with Gasteiger partial charge in [0.05, 0.1) is 17.1 Å². The van der Waals surface area contributed by atoms with Crippen molar-refractivity contribution < 1.29 is 19.6 Å². The van der Waals surface area contributed by atoms with Crippen LogP contribution in [0.15, 0.2) is 36.4 Å². The zero-order chi connectivity index (χ0) is 15.1. The second kappa shape index (κ2) is 7.40. The molecule has 1 aromatic carbocycles. The molecule has 1 aromatic rings. The van der Waals surface area contributed by atoms with Crippen LogP contribution in [-0.4, -0.2) is 22.6 Å². The molecule has 1 N–H and O–H groups in total. The predicted molar refractivity (Wildman–Crippen MR) is 73.1 cm³/mol. The number of esters is 1. The summed E-state index contributed by atoms with van der Waals surface area (Å²) >= 11 is 0. The van der Waals surface area contributed by atoms with Gasteiger partial charge in [0.25, 0.3) is 5.69 Å². The van der Waals surface area contributed by atoms with Gasteiger partial charge < -0.3 is 9.84 Å². The van der Waals surface area contributed by atoms with E-state index in [1.807, 2.05) is 6.92 Å². The van der Waals surface area contributed by atoms with Gasteiger partial charge in [-0.2, -0.15) is 0 Å². The molecule has 0 heterocycles. The fraction of sp³-hybridized carbons (Fsp3) is 0.357. The number of ether oxygens (including phenoxy) is 1. The number of hydrogen-bond acceptors (Lipinski definition) is 5. The molecule has 0 aliphatic heterocycles. The van der Waals surface area contributed by atoms with Gasteiger partial charge in [-0.15, -0.1) is 0 Å². The first-order chi connectivity index (χ1) is 9.47. The van der Waals surface area contributed by atoms with Crippen LogP contribution in [0.1, 0.15) is 31.4 Å². The van der Waals surface area contributed by atoms with Crippen LogP contribution in [0, 0.1) is 10.1 Å². The van der Waals surface area contributed by atoms with E-state index in [9.17, 15) is 20.0 Å². The van der Waals surface area contributed by atoms with E-state index in [-0.39, 0.29) is 17.9 Å². The molecule has 6 nitrogen and oxygen atoms in total. The lowest BCUT2D eigenvalue weighted by Crippen LogP contribution is -2.14. The second-order valence-electron chi connectivity index (χ2n) is 4.27. The number of aliphatic hydroxyl groups is 1. The maximum atomic E-state index is 11.6. The molecule has 1 rings (SSSR count). The Bertz CT molecular complexity index is 495. The summed E-state index contributed by atoms with van der Waals surface area (Å²) in [5.74, 6) is -0.663. The first kappa shape index (κ1) is 15.8. The largest absolute Gasteiger partial charge is 0.462 e. The highest BCUT2D eigenvalue weighted by Crippen LogP contribution is 2.23. The maximum Gasteiger partial charge on any atom is 0.336 e. The third kappa shape index (κ3) is 4.17. The van der Waals surface area contributed by atoms with Crippen LogP contribution in [0.3, 0.4) is 0 Å². The third-order valence-corrected chi connectivity index (χ3v) is 2.74. The zero-order valence-electron chi connectivity index (χ0n) is 11.2. The minimum absolute atomic E-state index is 0.0860. The molecular formula is C14H17NO5. The predicted octanol–water partition coefficient (Wildman–Crippen LogP) is 2.53. The van der Waals surface area contributed by atoms with E-state index in [0.717, 1.165) is 12.8 Å². The van der Waals surface area contributed by atoms with Gasteiger partial charge in [0.1, 0.15) is 6.10 Å². The number of hydrogen-bond donors (Lipinski definition) is 1. The smallest absolute Gasteiger partial charge is 0.336 e. The summed E-state index contributed by atoms with van der Waals surface area (Å²) in [6, 6.07) is 5.28. The Balaban J connectivity index is 2.68. The standard InChI is InChI=1S/C14H17NO5/c1-3-4-9-20-14(17)10(2)13(16)11-5-7-12(8-6-11)15(18)19/h5-8,13,16H,2-4,9H2,1H3. The summed E-state index contributed by atoms with van der Waals surface area (Å²) in [6.07, 6.45) is 0.405. The van der Waals surface area contributed by atoms with Gasteiger partial charge in [0.2, 0.25) is 0 Å². The molecule has 20 heavy (non-hydrogen) atoms. The highest BCUT2D eigenvalue weighted by molar-refractivity contribution is 5.89. The molecule has 0 fully saturated rings. The molecule has 0 aliphatic rings. The van der Waals surface area contributed by atoms with E-state index in [1.54, 1.807) is 0 Å². The number of benzene rings is 1. The third-order valence-electron chi connectivity index (χ3n) is 2.74. The van der Waals surface area contributed by atoms with E-state index < -0.39 is 17.0 Å². The Labute approximate surface area is 116 Å². The van der Waals surface area contributed by atoms with Crippen LogP contribution in [0.2, 0.25) is 0 Å². The Kier molecular flexibility index (Phi) is 5.86. The average Bonchev–Trinajstić information content (AvgIpc) is 2.46. The van der Waals surface area contributed by atoms with Gasteiger partial charge in [-0.05, 0) is 24.1 Å². The van der Waals surface area contributed by atoms with Crippen LogP contribution < -0.4 is 0 Å². The van der Waals surface area contributed by atoms with Gasteiger partial charge in [-0.3, -0.25) is 10.1 Å². The normalized spacial score (nSPS) is 11.7. The van der Waals surface area contributed by atoms with Gasteiger partial charge >= 0.3 is 5.97 Å². The van der Waals surface area contributed by atoms with Crippen molar-refractivity contribution in [2.45, 2.75) is 25.9 Å². The number of carbonyl (C=O) groups is 1. The number of rotatable bonds is 7. The fourth-order valence-electron chi connectivity index (χ4n) is 1.49. The zero-order valence-corrected chi connectivity index (χ0v) is 11.2. The van der Waals surface area contributed by atoms with Gasteiger partial charge in [0, 0.05) is 12.1 Å². The lowest BCUT2D eigenvalue weighted by Gasteiger charge is -2.13. The van der Waals surface area contributed by atoms with E-state index in [2.05, 4.69) is 6.58 Å². The molecule has 0 saturated carbocycles. The molecule has 0 bridgehead atoms. The van der Waals surface area contributed by atoms with Crippen molar-refractivity contribution >= 4 is 11.7 Å². The maximum absolute atomic E-state index is 11.6. The van der Waals surface area contributed by atoms with Crippen LogP contribution >= 0.6 is 0 Å². The highest BCUT2D eigenvalue weighted by Gasteiger charge is 2.20. The van der Waals surface area contributed by atoms with Crippen molar-refractivity contribution in [1.82, 2.24) is 0 Å².